The second kappa shape index (κ2) is 6.35. The van der Waals surface area contributed by atoms with E-state index in [-0.39, 0.29) is 5.91 Å². The van der Waals surface area contributed by atoms with Gasteiger partial charge in [-0.15, -0.1) is 0 Å². The number of carbonyl (C=O) groups excluding carboxylic acids is 1. The van der Waals surface area contributed by atoms with Gasteiger partial charge in [0.1, 0.15) is 5.60 Å². The van der Waals surface area contributed by atoms with Crippen LogP contribution in [0, 0.1) is 0 Å². The lowest BCUT2D eigenvalue weighted by Gasteiger charge is -2.23. The van der Waals surface area contributed by atoms with Gasteiger partial charge in [-0.25, -0.2) is 4.98 Å². The van der Waals surface area contributed by atoms with Gasteiger partial charge in [-0.2, -0.15) is 0 Å². The van der Waals surface area contributed by atoms with E-state index in [1.54, 1.807) is 32.2 Å². The molecule has 1 N–H and O–H groups in total. The third-order valence-corrected chi connectivity index (χ3v) is 2.34. The summed E-state index contributed by atoms with van der Waals surface area (Å²) in [5.41, 5.74) is -0.232. The minimum atomic E-state index is -0.854. The Bertz CT molecular complexity index is 388. The van der Waals surface area contributed by atoms with Crippen LogP contribution in [0.5, 0.6) is 5.88 Å². The first kappa shape index (κ1) is 14.4. The molecule has 1 heterocycles. The van der Waals surface area contributed by atoms with E-state index in [4.69, 9.17) is 9.47 Å². The predicted molar refractivity (Wildman–Crippen MR) is 69.7 cm³/mol. The Morgan fingerprint density at radius 3 is 2.56 bits per heavy atom. The first-order valence-electron chi connectivity index (χ1n) is 6.04. The summed E-state index contributed by atoms with van der Waals surface area (Å²) >= 11 is 0. The fraction of sp³-hybridized carbons (Fsp3) is 0.538. The van der Waals surface area contributed by atoms with Crippen LogP contribution in [0.3, 0.4) is 0 Å². The minimum absolute atomic E-state index is 0.199. The number of amides is 1. The van der Waals surface area contributed by atoms with Gasteiger partial charge in [0.15, 0.2) is 0 Å². The quantitative estimate of drug-likeness (QED) is 0.843. The molecule has 0 unspecified atom stereocenters. The number of aromatic nitrogens is 1. The summed E-state index contributed by atoms with van der Waals surface area (Å²) in [6.07, 6.45) is 1.56. The molecular weight excluding hydrogens is 232 g/mol. The van der Waals surface area contributed by atoms with Gasteiger partial charge in [0.2, 0.25) is 5.88 Å². The maximum atomic E-state index is 11.9. The number of hydrogen-bond donors (Lipinski definition) is 1. The maximum absolute atomic E-state index is 11.9. The van der Waals surface area contributed by atoms with Crippen molar-refractivity contribution in [2.45, 2.75) is 33.3 Å². The van der Waals surface area contributed by atoms with E-state index in [1.807, 2.05) is 13.8 Å². The molecule has 0 aliphatic carbocycles. The monoisotopic (exact) mass is 252 g/mol. The Morgan fingerprint density at radius 2 is 2.06 bits per heavy atom. The highest BCUT2D eigenvalue weighted by Crippen LogP contribution is 2.15. The minimum Gasteiger partial charge on any atom is -0.478 e. The van der Waals surface area contributed by atoms with Gasteiger partial charge in [-0.05, 0) is 33.8 Å². The van der Waals surface area contributed by atoms with Gasteiger partial charge in [-0.1, -0.05) is 0 Å². The fourth-order valence-electron chi connectivity index (χ4n) is 1.40. The molecule has 1 amide bonds. The van der Waals surface area contributed by atoms with Crippen LogP contribution in [0.15, 0.2) is 18.3 Å². The maximum Gasteiger partial charge on any atom is 0.256 e. The van der Waals surface area contributed by atoms with Gasteiger partial charge < -0.3 is 14.8 Å². The van der Waals surface area contributed by atoms with Crippen LogP contribution < -0.4 is 10.1 Å². The van der Waals surface area contributed by atoms with Crippen LogP contribution in [0.4, 0.5) is 5.69 Å². The van der Waals surface area contributed by atoms with E-state index in [2.05, 4.69) is 10.3 Å². The van der Waals surface area contributed by atoms with Crippen molar-refractivity contribution in [2.75, 3.05) is 18.5 Å². The number of ether oxygens (including phenoxy) is 2. The number of carbonyl (C=O) groups is 1. The highest BCUT2D eigenvalue weighted by Gasteiger charge is 2.27. The van der Waals surface area contributed by atoms with Crippen LogP contribution >= 0.6 is 0 Å². The summed E-state index contributed by atoms with van der Waals surface area (Å²) in [4.78, 5) is 16.0. The van der Waals surface area contributed by atoms with Gasteiger partial charge >= 0.3 is 0 Å². The summed E-state index contributed by atoms with van der Waals surface area (Å²) < 4.78 is 10.6. The van der Waals surface area contributed by atoms with Gasteiger partial charge in [0.25, 0.3) is 5.91 Å². The summed E-state index contributed by atoms with van der Waals surface area (Å²) in [5.74, 6) is 0.342. The van der Waals surface area contributed by atoms with Crippen LogP contribution in [0.25, 0.3) is 0 Å². The number of nitrogens with zero attached hydrogens (tertiary/aromatic N) is 1. The third kappa shape index (κ3) is 4.00. The number of hydrogen-bond acceptors (Lipinski definition) is 4. The Morgan fingerprint density at radius 1 is 1.33 bits per heavy atom. The zero-order chi connectivity index (χ0) is 13.6. The molecule has 100 valence electrons. The second-order valence-corrected chi connectivity index (χ2v) is 4.22. The van der Waals surface area contributed by atoms with Crippen molar-refractivity contribution in [3.05, 3.63) is 18.3 Å². The van der Waals surface area contributed by atoms with E-state index in [0.717, 1.165) is 0 Å². The number of pyridine rings is 1. The summed E-state index contributed by atoms with van der Waals surface area (Å²) in [7, 11) is 0. The van der Waals surface area contributed by atoms with Gasteiger partial charge in [0, 0.05) is 12.7 Å². The van der Waals surface area contributed by atoms with E-state index < -0.39 is 5.60 Å². The molecule has 0 fully saturated rings. The normalized spacial score (nSPS) is 11.1. The zero-order valence-corrected chi connectivity index (χ0v) is 11.3. The first-order valence-corrected chi connectivity index (χ1v) is 6.04. The number of rotatable bonds is 6. The summed E-state index contributed by atoms with van der Waals surface area (Å²) in [6, 6.07) is 3.46. The Hall–Kier alpha value is -1.62. The predicted octanol–water partition coefficient (Wildman–Crippen LogP) is 2.23. The first-order chi connectivity index (χ1) is 8.49. The van der Waals surface area contributed by atoms with Crippen LogP contribution in [0.1, 0.15) is 27.7 Å². The molecule has 5 nitrogen and oxygen atoms in total. The highest BCUT2D eigenvalue weighted by atomic mass is 16.5. The standard InChI is InChI=1S/C13H20N2O3/c1-5-17-11-8-7-10(9-14-11)15-12(16)13(3,4)18-6-2/h7-9H,5-6H2,1-4H3,(H,15,16). The van der Waals surface area contributed by atoms with Crippen molar-refractivity contribution >= 4 is 11.6 Å². The molecule has 1 rings (SSSR count). The Labute approximate surface area is 108 Å². The molecule has 18 heavy (non-hydrogen) atoms. The molecule has 0 saturated heterocycles. The van der Waals surface area contributed by atoms with Crippen LogP contribution in [0.2, 0.25) is 0 Å². The molecule has 0 atom stereocenters. The highest BCUT2D eigenvalue weighted by molar-refractivity contribution is 5.96. The van der Waals surface area contributed by atoms with Crippen molar-refractivity contribution in [1.82, 2.24) is 4.98 Å². The molecule has 0 radical (unpaired) electrons. The Balaban J connectivity index is 2.64. The molecule has 5 heteroatoms. The lowest BCUT2D eigenvalue weighted by Crippen LogP contribution is -2.39. The van der Waals surface area contributed by atoms with E-state index in [0.29, 0.717) is 24.8 Å². The van der Waals surface area contributed by atoms with Crippen LogP contribution in [-0.4, -0.2) is 29.7 Å². The van der Waals surface area contributed by atoms with E-state index >= 15 is 0 Å². The smallest absolute Gasteiger partial charge is 0.256 e. The number of anilines is 1. The molecule has 0 aliphatic rings. The summed E-state index contributed by atoms with van der Waals surface area (Å²) in [5, 5.41) is 2.75. The van der Waals surface area contributed by atoms with E-state index in [1.165, 1.54) is 0 Å². The van der Waals surface area contributed by atoms with Gasteiger partial charge in [0.05, 0.1) is 18.5 Å². The SMILES string of the molecule is CCOc1ccc(NC(=O)C(C)(C)OCC)cn1. The average Bonchev–Trinajstić information content (AvgIpc) is 2.32. The van der Waals surface area contributed by atoms with Crippen molar-refractivity contribution in [2.24, 2.45) is 0 Å². The van der Waals surface area contributed by atoms with Crippen molar-refractivity contribution in [1.29, 1.82) is 0 Å². The van der Waals surface area contributed by atoms with Crippen molar-refractivity contribution < 1.29 is 14.3 Å². The molecular formula is C13H20N2O3. The number of nitrogens with one attached hydrogen (secondary N) is 1. The molecule has 0 aromatic carbocycles. The zero-order valence-electron chi connectivity index (χ0n) is 11.3. The molecule has 0 bridgehead atoms. The summed E-state index contributed by atoms with van der Waals surface area (Å²) in [6.45, 7) is 8.26. The van der Waals surface area contributed by atoms with Crippen molar-refractivity contribution in [3.63, 3.8) is 0 Å². The lowest BCUT2D eigenvalue weighted by atomic mass is 10.1. The van der Waals surface area contributed by atoms with Gasteiger partial charge in [-0.3, -0.25) is 4.79 Å². The molecule has 0 spiro atoms. The van der Waals surface area contributed by atoms with Crippen molar-refractivity contribution in [3.8, 4) is 5.88 Å². The van der Waals surface area contributed by atoms with E-state index in [9.17, 15) is 4.79 Å². The Kier molecular flexibility index (Phi) is 5.09. The lowest BCUT2D eigenvalue weighted by molar-refractivity contribution is -0.136. The fourth-order valence-corrected chi connectivity index (χ4v) is 1.40. The topological polar surface area (TPSA) is 60.5 Å². The largest absolute Gasteiger partial charge is 0.478 e. The van der Waals surface area contributed by atoms with Crippen LogP contribution in [-0.2, 0) is 9.53 Å². The average molecular weight is 252 g/mol. The molecule has 1 aromatic heterocycles. The molecule has 0 saturated carbocycles. The molecule has 1 aromatic rings. The second-order valence-electron chi connectivity index (χ2n) is 4.22. The molecule has 0 aliphatic heterocycles. The third-order valence-electron chi connectivity index (χ3n) is 2.34.